The van der Waals surface area contributed by atoms with Crippen LogP contribution < -0.4 is 16.0 Å². The third-order valence-corrected chi connectivity index (χ3v) is 3.70. The molecule has 0 aromatic rings. The second-order valence-electron chi connectivity index (χ2n) is 7.93. The number of methoxy groups -OCH3 is 1. The first-order valence-electron chi connectivity index (χ1n) is 9.49. The van der Waals surface area contributed by atoms with E-state index in [9.17, 15) is 19.2 Å². The average molecular weight is 402 g/mol. The maximum Gasteiger partial charge on any atom is 0.407 e. The summed E-state index contributed by atoms with van der Waals surface area (Å²) in [4.78, 5) is 47.4. The summed E-state index contributed by atoms with van der Waals surface area (Å²) < 4.78 is 9.85. The molecule has 3 amide bonds. The number of amides is 3. The lowest BCUT2D eigenvalue weighted by molar-refractivity contribution is -0.146. The van der Waals surface area contributed by atoms with Crippen molar-refractivity contribution in [2.75, 3.05) is 13.7 Å². The number of nitrogens with one attached hydrogen (secondary N) is 3. The number of hydrogen-bond acceptors (Lipinski definition) is 6. The molecule has 0 aliphatic carbocycles. The molecule has 3 N–H and O–H groups in total. The molecule has 0 aromatic heterocycles. The Balaban J connectivity index is 4.58. The van der Waals surface area contributed by atoms with Gasteiger partial charge in [0.05, 0.1) is 7.11 Å². The molecular formula is C19H35N3O6. The molecule has 0 radical (unpaired) electrons. The first kappa shape index (κ1) is 25.7. The summed E-state index contributed by atoms with van der Waals surface area (Å²) in [5.41, 5.74) is -0.564. The van der Waals surface area contributed by atoms with Crippen molar-refractivity contribution in [2.24, 2.45) is 5.92 Å². The van der Waals surface area contributed by atoms with Gasteiger partial charge in [-0.15, -0.1) is 0 Å². The summed E-state index contributed by atoms with van der Waals surface area (Å²) in [5.74, 6) is -1.48. The molecule has 0 aromatic carbocycles. The zero-order valence-corrected chi connectivity index (χ0v) is 18.0. The second-order valence-corrected chi connectivity index (χ2v) is 7.93. The molecule has 0 rings (SSSR count). The van der Waals surface area contributed by atoms with Crippen molar-refractivity contribution in [2.45, 2.75) is 78.5 Å². The first-order chi connectivity index (χ1) is 12.9. The molecule has 0 fully saturated rings. The number of unbranched alkanes of at least 4 members (excludes halogenated alkanes) is 1. The molecular weight excluding hydrogens is 366 g/mol. The Kier molecular flexibility index (Phi) is 11.2. The summed E-state index contributed by atoms with van der Waals surface area (Å²) in [7, 11) is 1.26. The fraction of sp³-hybridized carbons (Fsp3) is 0.789. The SMILES string of the molecule is COC(=O)[C@@H](NC(=O)[C@H](CCCCNC(=O)OC(C)(C)C)NC(C)=O)C(C)C. The smallest absolute Gasteiger partial charge is 0.407 e. The Hall–Kier alpha value is -2.32. The van der Waals surface area contributed by atoms with Gasteiger partial charge >= 0.3 is 12.1 Å². The normalized spacial score (nSPS) is 13.3. The van der Waals surface area contributed by atoms with E-state index in [2.05, 4.69) is 16.0 Å². The van der Waals surface area contributed by atoms with Crippen LogP contribution >= 0.6 is 0 Å². The van der Waals surface area contributed by atoms with Gasteiger partial charge in [-0.3, -0.25) is 9.59 Å². The van der Waals surface area contributed by atoms with Crippen molar-refractivity contribution in [3.05, 3.63) is 0 Å². The van der Waals surface area contributed by atoms with Crippen LogP contribution in [0.5, 0.6) is 0 Å². The molecule has 2 atom stereocenters. The fourth-order valence-electron chi connectivity index (χ4n) is 2.37. The van der Waals surface area contributed by atoms with Crippen LogP contribution in [0.3, 0.4) is 0 Å². The third-order valence-electron chi connectivity index (χ3n) is 3.70. The van der Waals surface area contributed by atoms with Gasteiger partial charge in [-0.25, -0.2) is 9.59 Å². The maximum atomic E-state index is 12.5. The number of esters is 1. The molecule has 28 heavy (non-hydrogen) atoms. The summed E-state index contributed by atoms with van der Waals surface area (Å²) in [5, 5.41) is 7.88. The average Bonchev–Trinajstić information content (AvgIpc) is 2.55. The maximum absolute atomic E-state index is 12.5. The van der Waals surface area contributed by atoms with Crippen LogP contribution in [-0.2, 0) is 23.9 Å². The van der Waals surface area contributed by atoms with Crippen molar-refractivity contribution in [3.8, 4) is 0 Å². The quantitative estimate of drug-likeness (QED) is 0.377. The molecule has 9 heteroatoms. The van der Waals surface area contributed by atoms with Gasteiger partial charge in [0.1, 0.15) is 17.7 Å². The van der Waals surface area contributed by atoms with E-state index < -0.39 is 35.7 Å². The van der Waals surface area contributed by atoms with Gasteiger partial charge in [-0.1, -0.05) is 13.8 Å². The van der Waals surface area contributed by atoms with Crippen LogP contribution in [-0.4, -0.2) is 55.2 Å². The number of ether oxygens (including phenoxy) is 2. The third kappa shape index (κ3) is 11.4. The molecule has 0 saturated heterocycles. The summed E-state index contributed by atoms with van der Waals surface area (Å²) in [6.07, 6.45) is 1.06. The highest BCUT2D eigenvalue weighted by molar-refractivity contribution is 5.90. The minimum atomic E-state index is -0.789. The first-order valence-corrected chi connectivity index (χ1v) is 9.49. The van der Waals surface area contributed by atoms with Gasteiger partial charge in [0, 0.05) is 13.5 Å². The molecule has 0 unspecified atom stereocenters. The summed E-state index contributed by atoms with van der Waals surface area (Å²) >= 11 is 0. The van der Waals surface area contributed by atoms with Gasteiger partial charge in [-0.2, -0.15) is 0 Å². The molecule has 162 valence electrons. The lowest BCUT2D eigenvalue weighted by atomic mass is 10.0. The Morgan fingerprint density at radius 1 is 1.00 bits per heavy atom. The molecule has 0 aliphatic rings. The van der Waals surface area contributed by atoms with E-state index in [4.69, 9.17) is 9.47 Å². The Bertz CT molecular complexity index is 542. The Labute approximate surface area is 167 Å². The van der Waals surface area contributed by atoms with Crippen LogP contribution in [0.4, 0.5) is 4.79 Å². The van der Waals surface area contributed by atoms with E-state index in [0.717, 1.165) is 0 Å². The highest BCUT2D eigenvalue weighted by Crippen LogP contribution is 2.08. The van der Waals surface area contributed by atoms with E-state index in [1.165, 1.54) is 14.0 Å². The number of hydrogen-bond donors (Lipinski definition) is 3. The molecule has 0 bridgehead atoms. The largest absolute Gasteiger partial charge is 0.467 e. The van der Waals surface area contributed by atoms with Gasteiger partial charge in [0.25, 0.3) is 0 Å². The number of rotatable bonds is 10. The van der Waals surface area contributed by atoms with Gasteiger partial charge in [0.2, 0.25) is 11.8 Å². The van der Waals surface area contributed by atoms with E-state index in [0.29, 0.717) is 25.8 Å². The lowest BCUT2D eigenvalue weighted by Crippen LogP contribution is -2.53. The van der Waals surface area contributed by atoms with Crippen molar-refractivity contribution in [1.29, 1.82) is 0 Å². The monoisotopic (exact) mass is 401 g/mol. The van der Waals surface area contributed by atoms with Crippen LogP contribution in [0, 0.1) is 5.92 Å². The molecule has 9 nitrogen and oxygen atoms in total. The molecule has 0 saturated carbocycles. The summed E-state index contributed by atoms with van der Waals surface area (Å²) in [6, 6.07) is -1.56. The van der Waals surface area contributed by atoms with Gasteiger partial charge in [0.15, 0.2) is 0 Å². The van der Waals surface area contributed by atoms with Crippen LogP contribution in [0.1, 0.15) is 60.8 Å². The predicted octanol–water partition coefficient (Wildman–Crippen LogP) is 1.50. The van der Waals surface area contributed by atoms with E-state index in [-0.39, 0.29) is 11.8 Å². The van der Waals surface area contributed by atoms with Crippen LogP contribution in [0.15, 0.2) is 0 Å². The minimum absolute atomic E-state index is 0.160. The fourth-order valence-corrected chi connectivity index (χ4v) is 2.37. The Morgan fingerprint density at radius 3 is 2.07 bits per heavy atom. The van der Waals surface area contributed by atoms with E-state index >= 15 is 0 Å². The minimum Gasteiger partial charge on any atom is -0.467 e. The van der Waals surface area contributed by atoms with Crippen molar-refractivity contribution < 1.29 is 28.7 Å². The standard InChI is InChI=1S/C19H35N3O6/c1-12(2)15(17(25)27-7)22-16(24)14(21-13(3)23)10-8-9-11-20-18(26)28-19(4,5)6/h12,14-15H,8-11H2,1-7H3,(H,20,26)(H,21,23)(H,22,24)/t14-,15-/m0/s1. The summed E-state index contributed by atoms with van der Waals surface area (Å²) in [6.45, 7) is 10.6. The number of carbonyl (C=O) groups excluding carboxylic acids is 4. The van der Waals surface area contributed by atoms with Crippen molar-refractivity contribution >= 4 is 23.9 Å². The van der Waals surface area contributed by atoms with Crippen LogP contribution in [0.25, 0.3) is 0 Å². The predicted molar refractivity (Wildman–Crippen MR) is 104 cm³/mol. The van der Waals surface area contributed by atoms with Gasteiger partial charge in [-0.05, 0) is 46.0 Å². The Morgan fingerprint density at radius 2 is 1.61 bits per heavy atom. The highest BCUT2D eigenvalue weighted by Gasteiger charge is 2.28. The zero-order valence-electron chi connectivity index (χ0n) is 18.0. The van der Waals surface area contributed by atoms with Gasteiger partial charge < -0.3 is 25.4 Å². The van der Waals surface area contributed by atoms with Crippen LogP contribution in [0.2, 0.25) is 0 Å². The molecule has 0 spiro atoms. The van der Waals surface area contributed by atoms with E-state index in [1.54, 1.807) is 34.6 Å². The van der Waals surface area contributed by atoms with E-state index in [1.807, 2.05) is 0 Å². The van der Waals surface area contributed by atoms with Crippen molar-refractivity contribution in [1.82, 2.24) is 16.0 Å². The second kappa shape index (κ2) is 12.2. The molecule has 0 heterocycles. The topological polar surface area (TPSA) is 123 Å². The highest BCUT2D eigenvalue weighted by atomic mass is 16.6. The zero-order chi connectivity index (χ0) is 21.9. The number of alkyl carbamates (subject to hydrolysis) is 1. The van der Waals surface area contributed by atoms with Crippen molar-refractivity contribution in [3.63, 3.8) is 0 Å². The number of carbonyl (C=O) groups is 4. The molecule has 0 aliphatic heterocycles. The lowest BCUT2D eigenvalue weighted by Gasteiger charge is -2.24.